The summed E-state index contributed by atoms with van der Waals surface area (Å²) in [5.74, 6) is -1.12. The van der Waals surface area contributed by atoms with Crippen LogP contribution in [0.15, 0.2) is 77.7 Å². The van der Waals surface area contributed by atoms with E-state index in [0.717, 1.165) is 6.07 Å². The highest BCUT2D eigenvalue weighted by molar-refractivity contribution is 7.92. The molecule has 0 saturated heterocycles. The lowest BCUT2D eigenvalue weighted by Crippen LogP contribution is -2.19. The predicted molar refractivity (Wildman–Crippen MR) is 108 cm³/mol. The maximum atomic E-state index is 13.1. The highest BCUT2D eigenvalue weighted by Crippen LogP contribution is 2.37. The zero-order valence-corrected chi connectivity index (χ0v) is 17.1. The first kappa shape index (κ1) is 24.1. The molecule has 3 rings (SSSR count). The minimum Gasteiger partial charge on any atom is -0.322 e. The van der Waals surface area contributed by atoms with E-state index in [-0.39, 0.29) is 22.2 Å². The van der Waals surface area contributed by atoms with Crippen LogP contribution in [0.25, 0.3) is 0 Å². The lowest BCUT2D eigenvalue weighted by molar-refractivity contribution is -0.143. The Hall–Kier alpha value is -3.54. The second-order valence-electron chi connectivity index (χ2n) is 6.71. The second kappa shape index (κ2) is 8.77. The van der Waals surface area contributed by atoms with E-state index in [9.17, 15) is 39.6 Å². The van der Waals surface area contributed by atoms with Crippen molar-refractivity contribution in [3.63, 3.8) is 0 Å². The van der Waals surface area contributed by atoms with Gasteiger partial charge < -0.3 is 5.32 Å². The molecule has 0 heterocycles. The van der Waals surface area contributed by atoms with Crippen molar-refractivity contribution in [2.45, 2.75) is 17.2 Å². The number of hydrogen-bond donors (Lipinski definition) is 2. The summed E-state index contributed by atoms with van der Waals surface area (Å²) in [5, 5.41) is 1.98. The van der Waals surface area contributed by atoms with E-state index in [2.05, 4.69) is 4.72 Å². The number of amides is 1. The van der Waals surface area contributed by atoms with Crippen LogP contribution in [0.4, 0.5) is 37.7 Å². The molecule has 3 aromatic rings. The zero-order valence-electron chi connectivity index (χ0n) is 16.3. The van der Waals surface area contributed by atoms with Gasteiger partial charge in [0.2, 0.25) is 0 Å². The molecule has 174 valence electrons. The first-order valence-corrected chi connectivity index (χ1v) is 10.5. The highest BCUT2D eigenvalue weighted by Gasteiger charge is 2.37. The van der Waals surface area contributed by atoms with Crippen LogP contribution in [-0.4, -0.2) is 14.3 Å². The molecule has 1 amide bonds. The molecular weight excluding hydrogens is 474 g/mol. The molecule has 0 aliphatic carbocycles. The summed E-state index contributed by atoms with van der Waals surface area (Å²) < 4.78 is 106. The fourth-order valence-corrected chi connectivity index (χ4v) is 3.90. The molecule has 33 heavy (non-hydrogen) atoms. The van der Waals surface area contributed by atoms with E-state index in [1.165, 1.54) is 42.5 Å². The maximum absolute atomic E-state index is 13.1. The predicted octanol–water partition coefficient (Wildman–Crippen LogP) is 5.78. The van der Waals surface area contributed by atoms with Gasteiger partial charge >= 0.3 is 12.4 Å². The lowest BCUT2D eigenvalue weighted by Gasteiger charge is -2.16. The number of hydrogen-bond acceptors (Lipinski definition) is 3. The number of sulfonamides is 1. The smallest absolute Gasteiger partial charge is 0.322 e. The van der Waals surface area contributed by atoms with Gasteiger partial charge in [0.25, 0.3) is 15.9 Å². The van der Waals surface area contributed by atoms with Crippen molar-refractivity contribution >= 4 is 27.3 Å². The molecule has 0 fully saturated rings. The summed E-state index contributed by atoms with van der Waals surface area (Å²) in [6, 6.07) is 12.9. The van der Waals surface area contributed by atoms with Gasteiger partial charge in [-0.1, -0.05) is 30.3 Å². The first-order chi connectivity index (χ1) is 15.3. The third-order valence-corrected chi connectivity index (χ3v) is 5.70. The molecule has 12 heteroatoms. The Morgan fingerprint density at radius 2 is 1.24 bits per heavy atom. The third-order valence-electron chi connectivity index (χ3n) is 4.32. The fourth-order valence-electron chi connectivity index (χ4n) is 2.80. The van der Waals surface area contributed by atoms with Gasteiger partial charge in [-0.3, -0.25) is 9.52 Å². The molecule has 0 unspecified atom stereocenters. The third kappa shape index (κ3) is 5.83. The van der Waals surface area contributed by atoms with Crippen molar-refractivity contribution in [2.24, 2.45) is 0 Å². The van der Waals surface area contributed by atoms with Crippen LogP contribution >= 0.6 is 0 Å². The largest absolute Gasteiger partial charge is 0.416 e. The van der Waals surface area contributed by atoms with E-state index >= 15 is 0 Å². The number of rotatable bonds is 5. The van der Waals surface area contributed by atoms with Crippen molar-refractivity contribution in [2.75, 3.05) is 10.0 Å². The standard InChI is InChI=1S/C21H14F6N2O3S/c22-20(23,24)13-10-14(21(25,26)27)12-15(11-13)28-19(30)17-8-4-5-9-18(17)29-33(31,32)16-6-2-1-3-7-16/h1-12,29H,(H,28,30). The summed E-state index contributed by atoms with van der Waals surface area (Å²) in [4.78, 5) is 12.6. The van der Waals surface area contributed by atoms with Gasteiger partial charge in [-0.25, -0.2) is 8.42 Å². The number of carbonyl (C=O) groups excluding carboxylic acids is 1. The Morgan fingerprint density at radius 1 is 0.727 bits per heavy atom. The summed E-state index contributed by atoms with van der Waals surface area (Å²) >= 11 is 0. The van der Waals surface area contributed by atoms with Crippen molar-refractivity contribution in [1.29, 1.82) is 0 Å². The van der Waals surface area contributed by atoms with Gasteiger partial charge in [-0.05, 0) is 42.5 Å². The number of benzene rings is 3. The van der Waals surface area contributed by atoms with Crippen molar-refractivity contribution in [3.8, 4) is 0 Å². The molecule has 5 nitrogen and oxygen atoms in total. The number of para-hydroxylation sites is 1. The summed E-state index contributed by atoms with van der Waals surface area (Å²) in [6.45, 7) is 0. The quantitative estimate of drug-likeness (QED) is 0.448. The van der Waals surface area contributed by atoms with E-state index < -0.39 is 45.1 Å². The van der Waals surface area contributed by atoms with E-state index in [4.69, 9.17) is 0 Å². The number of alkyl halides is 6. The molecule has 2 N–H and O–H groups in total. The normalized spacial score (nSPS) is 12.3. The average Bonchev–Trinajstić information content (AvgIpc) is 2.73. The minimum absolute atomic E-state index is 0.0718. The molecule has 0 aliphatic rings. The SMILES string of the molecule is O=C(Nc1cc(C(F)(F)F)cc(C(F)(F)F)c1)c1ccccc1NS(=O)(=O)c1ccccc1. The number of carbonyl (C=O) groups is 1. The van der Waals surface area contributed by atoms with Gasteiger partial charge in [-0.15, -0.1) is 0 Å². The first-order valence-electron chi connectivity index (χ1n) is 9.05. The van der Waals surface area contributed by atoms with Gasteiger partial charge in [0.15, 0.2) is 0 Å². The molecule has 0 aromatic heterocycles. The molecule has 0 aliphatic heterocycles. The summed E-state index contributed by atoms with van der Waals surface area (Å²) in [5.41, 5.74) is -4.51. The van der Waals surface area contributed by atoms with Gasteiger partial charge in [0, 0.05) is 5.69 Å². The Balaban J connectivity index is 1.95. The van der Waals surface area contributed by atoms with Gasteiger partial charge in [-0.2, -0.15) is 26.3 Å². The highest BCUT2D eigenvalue weighted by atomic mass is 32.2. The molecule has 3 aromatic carbocycles. The van der Waals surface area contributed by atoms with Crippen molar-refractivity contribution < 1.29 is 39.6 Å². The average molecular weight is 488 g/mol. The number of halogens is 6. The van der Waals surface area contributed by atoms with Crippen LogP contribution < -0.4 is 10.0 Å². The Labute approximate surface area is 184 Å². The van der Waals surface area contributed by atoms with Crippen LogP contribution in [0.1, 0.15) is 21.5 Å². The van der Waals surface area contributed by atoms with E-state index in [1.54, 1.807) is 6.07 Å². The van der Waals surface area contributed by atoms with Crippen LogP contribution in [0, 0.1) is 0 Å². The molecule has 0 spiro atoms. The Bertz CT molecular complexity index is 1240. The molecular formula is C21H14F6N2O3S. The second-order valence-corrected chi connectivity index (χ2v) is 8.40. The lowest BCUT2D eigenvalue weighted by atomic mass is 10.1. The van der Waals surface area contributed by atoms with E-state index in [1.807, 2.05) is 5.32 Å². The Kier molecular flexibility index (Phi) is 6.41. The molecule has 0 radical (unpaired) electrons. The molecule has 0 saturated carbocycles. The van der Waals surface area contributed by atoms with E-state index in [0.29, 0.717) is 12.1 Å². The monoisotopic (exact) mass is 488 g/mol. The topological polar surface area (TPSA) is 75.3 Å². The van der Waals surface area contributed by atoms with Crippen LogP contribution in [0.5, 0.6) is 0 Å². The van der Waals surface area contributed by atoms with Gasteiger partial charge in [0.05, 0.1) is 27.3 Å². The minimum atomic E-state index is -5.09. The van der Waals surface area contributed by atoms with Crippen LogP contribution in [0.3, 0.4) is 0 Å². The maximum Gasteiger partial charge on any atom is 0.416 e. The Morgan fingerprint density at radius 3 is 1.79 bits per heavy atom. The van der Waals surface area contributed by atoms with Crippen molar-refractivity contribution in [1.82, 2.24) is 0 Å². The van der Waals surface area contributed by atoms with Crippen molar-refractivity contribution in [3.05, 3.63) is 89.5 Å². The molecule has 0 bridgehead atoms. The van der Waals surface area contributed by atoms with Crippen LogP contribution in [0.2, 0.25) is 0 Å². The van der Waals surface area contributed by atoms with Crippen LogP contribution in [-0.2, 0) is 22.4 Å². The molecule has 0 atom stereocenters. The summed E-state index contributed by atoms with van der Waals surface area (Å²) in [7, 11) is -4.12. The summed E-state index contributed by atoms with van der Waals surface area (Å²) in [6.07, 6.45) is -10.2. The number of anilines is 2. The fraction of sp³-hybridized carbons (Fsp3) is 0.0952. The van der Waals surface area contributed by atoms with Gasteiger partial charge in [0.1, 0.15) is 0 Å². The number of nitrogens with one attached hydrogen (secondary N) is 2. The zero-order chi connectivity index (χ0) is 24.4.